The number of amides is 2. The van der Waals surface area contributed by atoms with Crippen LogP contribution in [0.1, 0.15) is 33.6 Å². The standard InChI is InChI=1S/C24H25N3O3S/c28-22-19-3-1-2-4-21(19)25-24(26-22)10-9-16-11-27(12-20(16)24)23(29)15-5-7-17(8-6-15)30-18-13-31-14-18/h1-8,16,18,20,25H,9-14H2,(H,26,28)/t16-,20+,24+/m1/s1. The Morgan fingerprint density at radius 1 is 1.06 bits per heavy atom. The number of hydrogen-bond acceptors (Lipinski definition) is 5. The molecule has 0 unspecified atom stereocenters. The van der Waals surface area contributed by atoms with Gasteiger partial charge >= 0.3 is 0 Å². The van der Waals surface area contributed by atoms with Crippen molar-refractivity contribution in [2.75, 3.05) is 29.9 Å². The van der Waals surface area contributed by atoms with Crippen molar-refractivity contribution in [1.29, 1.82) is 0 Å². The van der Waals surface area contributed by atoms with Gasteiger partial charge in [-0.1, -0.05) is 12.1 Å². The summed E-state index contributed by atoms with van der Waals surface area (Å²) in [7, 11) is 0. The molecule has 2 saturated heterocycles. The van der Waals surface area contributed by atoms with Crippen LogP contribution >= 0.6 is 11.8 Å². The molecule has 2 amide bonds. The summed E-state index contributed by atoms with van der Waals surface area (Å²) < 4.78 is 5.89. The molecule has 3 atom stereocenters. The number of para-hydroxylation sites is 1. The summed E-state index contributed by atoms with van der Waals surface area (Å²) in [5, 5.41) is 6.87. The fraction of sp³-hybridized carbons (Fsp3) is 0.417. The molecule has 31 heavy (non-hydrogen) atoms. The minimum absolute atomic E-state index is 0.0276. The second-order valence-electron chi connectivity index (χ2n) is 9.01. The Bertz CT molecular complexity index is 1040. The molecule has 4 aliphatic rings. The van der Waals surface area contributed by atoms with E-state index in [1.165, 1.54) is 0 Å². The molecule has 0 aromatic heterocycles. The Balaban J connectivity index is 1.17. The number of fused-ring (bicyclic) bond motifs is 3. The molecule has 2 aromatic carbocycles. The number of carbonyl (C=O) groups is 2. The number of benzene rings is 2. The van der Waals surface area contributed by atoms with Gasteiger partial charge in [0.1, 0.15) is 17.5 Å². The molecule has 0 radical (unpaired) electrons. The van der Waals surface area contributed by atoms with E-state index >= 15 is 0 Å². The maximum atomic E-state index is 13.2. The van der Waals surface area contributed by atoms with E-state index in [4.69, 9.17) is 4.74 Å². The van der Waals surface area contributed by atoms with Crippen LogP contribution in [-0.2, 0) is 0 Å². The van der Waals surface area contributed by atoms with E-state index in [1.807, 2.05) is 65.2 Å². The molecule has 3 aliphatic heterocycles. The molecular weight excluding hydrogens is 410 g/mol. The van der Waals surface area contributed by atoms with Crippen LogP contribution in [0.4, 0.5) is 5.69 Å². The van der Waals surface area contributed by atoms with Crippen LogP contribution in [-0.4, -0.2) is 53.1 Å². The maximum Gasteiger partial charge on any atom is 0.255 e. The predicted molar refractivity (Wildman–Crippen MR) is 121 cm³/mol. The van der Waals surface area contributed by atoms with Crippen LogP contribution in [0.3, 0.4) is 0 Å². The number of likely N-dealkylation sites (tertiary alicyclic amines) is 1. The minimum Gasteiger partial charge on any atom is -0.489 e. The zero-order chi connectivity index (χ0) is 21.0. The van der Waals surface area contributed by atoms with E-state index in [9.17, 15) is 9.59 Å². The van der Waals surface area contributed by atoms with E-state index in [0.717, 1.165) is 42.3 Å². The summed E-state index contributed by atoms with van der Waals surface area (Å²) in [4.78, 5) is 27.9. The van der Waals surface area contributed by atoms with Crippen LogP contribution < -0.4 is 15.4 Å². The van der Waals surface area contributed by atoms with Gasteiger partial charge in [-0.15, -0.1) is 0 Å². The lowest BCUT2D eigenvalue weighted by Gasteiger charge is -2.42. The lowest BCUT2D eigenvalue weighted by Crippen LogP contribution is -2.61. The van der Waals surface area contributed by atoms with Crippen molar-refractivity contribution in [3.8, 4) is 5.75 Å². The highest BCUT2D eigenvalue weighted by Crippen LogP contribution is 2.47. The first-order valence-electron chi connectivity index (χ1n) is 10.9. The largest absolute Gasteiger partial charge is 0.489 e. The van der Waals surface area contributed by atoms with Crippen molar-refractivity contribution in [2.45, 2.75) is 24.6 Å². The van der Waals surface area contributed by atoms with Crippen molar-refractivity contribution in [3.05, 3.63) is 59.7 Å². The van der Waals surface area contributed by atoms with Crippen LogP contribution in [0.5, 0.6) is 5.75 Å². The predicted octanol–water partition coefficient (Wildman–Crippen LogP) is 3.21. The zero-order valence-corrected chi connectivity index (χ0v) is 18.0. The summed E-state index contributed by atoms with van der Waals surface area (Å²) in [5.41, 5.74) is 1.79. The smallest absolute Gasteiger partial charge is 0.255 e. The highest BCUT2D eigenvalue weighted by molar-refractivity contribution is 8.00. The lowest BCUT2D eigenvalue weighted by atomic mass is 9.89. The van der Waals surface area contributed by atoms with Crippen LogP contribution in [0.2, 0.25) is 0 Å². The SMILES string of the molecule is O=C1N[C@]2(CC[C@@H]3CN(C(=O)c4ccc(OC5CSC5)cc4)C[C@@H]32)Nc2ccccc21. The molecule has 160 valence electrons. The summed E-state index contributed by atoms with van der Waals surface area (Å²) in [6.07, 6.45) is 2.18. The number of nitrogens with zero attached hydrogens (tertiary/aromatic N) is 1. The Morgan fingerprint density at radius 2 is 1.87 bits per heavy atom. The van der Waals surface area contributed by atoms with Gasteiger partial charge < -0.3 is 20.3 Å². The molecule has 3 heterocycles. The first-order chi connectivity index (χ1) is 15.1. The molecular formula is C24H25N3O3S. The molecule has 1 aliphatic carbocycles. The quantitative estimate of drug-likeness (QED) is 0.775. The van der Waals surface area contributed by atoms with Crippen molar-refractivity contribution < 1.29 is 14.3 Å². The summed E-state index contributed by atoms with van der Waals surface area (Å²) >= 11 is 1.89. The van der Waals surface area contributed by atoms with Crippen molar-refractivity contribution in [2.24, 2.45) is 11.8 Å². The van der Waals surface area contributed by atoms with Crippen molar-refractivity contribution in [3.63, 3.8) is 0 Å². The summed E-state index contributed by atoms with van der Waals surface area (Å²) in [5.74, 6) is 3.51. The first-order valence-corrected chi connectivity index (χ1v) is 12.1. The average molecular weight is 436 g/mol. The Hall–Kier alpha value is -2.67. The number of thioether (sulfide) groups is 1. The second-order valence-corrected chi connectivity index (χ2v) is 10.1. The minimum atomic E-state index is -0.469. The van der Waals surface area contributed by atoms with Crippen LogP contribution in [0.15, 0.2) is 48.5 Å². The third-order valence-corrected chi connectivity index (χ3v) is 8.36. The number of rotatable bonds is 3. The molecule has 3 fully saturated rings. The molecule has 2 aromatic rings. The monoisotopic (exact) mass is 435 g/mol. The first kappa shape index (κ1) is 19.0. The van der Waals surface area contributed by atoms with Gasteiger partial charge in [0.2, 0.25) is 0 Å². The molecule has 7 heteroatoms. The lowest BCUT2D eigenvalue weighted by molar-refractivity contribution is 0.0767. The highest BCUT2D eigenvalue weighted by atomic mass is 32.2. The molecule has 2 N–H and O–H groups in total. The van der Waals surface area contributed by atoms with Gasteiger partial charge in [-0.05, 0) is 55.2 Å². The number of anilines is 1. The molecule has 1 saturated carbocycles. The van der Waals surface area contributed by atoms with Gasteiger partial charge in [0.15, 0.2) is 0 Å². The number of carbonyl (C=O) groups excluding carboxylic acids is 2. The second kappa shape index (κ2) is 7.19. The number of hydrogen-bond donors (Lipinski definition) is 2. The van der Waals surface area contributed by atoms with Crippen molar-refractivity contribution in [1.82, 2.24) is 10.2 Å². The average Bonchev–Trinajstić information content (AvgIpc) is 3.32. The van der Waals surface area contributed by atoms with Gasteiger partial charge in [-0.2, -0.15) is 11.8 Å². The Labute approximate surface area is 185 Å². The van der Waals surface area contributed by atoms with Gasteiger partial charge in [0, 0.05) is 41.8 Å². The zero-order valence-electron chi connectivity index (χ0n) is 17.2. The number of ether oxygens (including phenoxy) is 1. The third-order valence-electron chi connectivity index (χ3n) is 7.15. The van der Waals surface area contributed by atoms with Gasteiger partial charge in [0.05, 0.1) is 5.56 Å². The topological polar surface area (TPSA) is 70.7 Å². The van der Waals surface area contributed by atoms with E-state index in [1.54, 1.807) is 0 Å². The highest BCUT2D eigenvalue weighted by Gasteiger charge is 2.55. The third kappa shape index (κ3) is 3.17. The van der Waals surface area contributed by atoms with Gasteiger partial charge in [-0.3, -0.25) is 9.59 Å². The summed E-state index contributed by atoms with van der Waals surface area (Å²) in [6.45, 7) is 1.39. The molecule has 6 rings (SSSR count). The van der Waals surface area contributed by atoms with E-state index < -0.39 is 5.66 Å². The van der Waals surface area contributed by atoms with Crippen molar-refractivity contribution >= 4 is 29.3 Å². The Kier molecular flexibility index (Phi) is 4.42. The Morgan fingerprint density at radius 3 is 2.65 bits per heavy atom. The summed E-state index contributed by atoms with van der Waals surface area (Å²) in [6, 6.07) is 15.2. The fourth-order valence-electron chi connectivity index (χ4n) is 5.46. The number of nitrogens with one attached hydrogen (secondary N) is 2. The molecule has 6 nitrogen and oxygen atoms in total. The van der Waals surface area contributed by atoms with Gasteiger partial charge in [0.25, 0.3) is 11.8 Å². The van der Waals surface area contributed by atoms with Gasteiger partial charge in [-0.25, -0.2) is 0 Å². The normalized spacial score (nSPS) is 29.0. The van der Waals surface area contributed by atoms with E-state index in [2.05, 4.69) is 10.6 Å². The maximum absolute atomic E-state index is 13.2. The molecule has 0 bridgehead atoms. The van der Waals surface area contributed by atoms with E-state index in [-0.39, 0.29) is 17.7 Å². The van der Waals surface area contributed by atoms with E-state index in [0.29, 0.717) is 29.7 Å². The van der Waals surface area contributed by atoms with Crippen LogP contribution in [0, 0.1) is 11.8 Å². The fourth-order valence-corrected chi connectivity index (χ4v) is 6.03. The van der Waals surface area contributed by atoms with Crippen LogP contribution in [0.25, 0.3) is 0 Å². The molecule has 1 spiro atoms.